The number of fused-ring (bicyclic) bond motifs is 1. The molecule has 1 atom stereocenters. The third kappa shape index (κ3) is 2.80. The van der Waals surface area contributed by atoms with Crippen LogP contribution in [0.2, 0.25) is 0 Å². The molecule has 0 unspecified atom stereocenters. The molecule has 6 nitrogen and oxygen atoms in total. The molecule has 1 aromatic rings. The first-order valence-corrected chi connectivity index (χ1v) is 7.93. The van der Waals surface area contributed by atoms with Crippen molar-refractivity contribution in [2.24, 2.45) is 0 Å². The maximum Gasteiger partial charge on any atom is 0.336 e. The zero-order valence-corrected chi connectivity index (χ0v) is 14.1. The van der Waals surface area contributed by atoms with E-state index in [1.807, 2.05) is 6.92 Å². The third-order valence-electron chi connectivity index (χ3n) is 3.92. The van der Waals surface area contributed by atoms with Crippen LogP contribution in [0.5, 0.6) is 11.5 Å². The average molecular weight is 372 g/mol. The molecule has 0 saturated carbocycles. The lowest BCUT2D eigenvalue weighted by Crippen LogP contribution is -2.50. The molecule has 0 spiro atoms. The summed E-state index contributed by atoms with van der Waals surface area (Å²) in [6, 6.07) is 1.56. The number of aromatic carboxylic acids is 1. The van der Waals surface area contributed by atoms with Gasteiger partial charge in [0.15, 0.2) is 11.5 Å². The van der Waals surface area contributed by atoms with Crippen molar-refractivity contribution >= 4 is 21.9 Å². The zero-order valence-electron chi connectivity index (χ0n) is 12.5. The standard InChI is InChI=1S/C15H18BrNO5/c1-9-10(14(18)19)7-11(16)13-12(9)21-15(2,22-13)8-17-3-5-20-6-4-17/h7H,3-6,8H2,1-2H3,(H,18,19)/t15-/m1/s1. The number of carboxylic acid groups (broad SMARTS) is 1. The van der Waals surface area contributed by atoms with Crippen LogP contribution in [0.1, 0.15) is 22.8 Å². The molecule has 0 amide bonds. The predicted octanol–water partition coefficient (Wildman–Crippen LogP) is 2.28. The molecule has 120 valence electrons. The molecule has 22 heavy (non-hydrogen) atoms. The van der Waals surface area contributed by atoms with Crippen LogP contribution < -0.4 is 9.47 Å². The summed E-state index contributed by atoms with van der Waals surface area (Å²) in [5.74, 6) is -0.739. The molecule has 1 N–H and O–H groups in total. The Morgan fingerprint density at radius 2 is 2.00 bits per heavy atom. The van der Waals surface area contributed by atoms with Crippen LogP contribution in [-0.4, -0.2) is 54.6 Å². The number of hydrogen-bond acceptors (Lipinski definition) is 5. The number of carboxylic acids is 1. The number of hydrogen-bond donors (Lipinski definition) is 1. The molecule has 2 aliphatic heterocycles. The Balaban J connectivity index is 1.86. The van der Waals surface area contributed by atoms with E-state index in [-0.39, 0.29) is 5.56 Å². The topological polar surface area (TPSA) is 68.2 Å². The van der Waals surface area contributed by atoms with Gasteiger partial charge in [-0.25, -0.2) is 4.79 Å². The summed E-state index contributed by atoms with van der Waals surface area (Å²) >= 11 is 3.38. The Hall–Kier alpha value is -1.31. The van der Waals surface area contributed by atoms with Crippen molar-refractivity contribution in [3.63, 3.8) is 0 Å². The quantitative estimate of drug-likeness (QED) is 0.878. The predicted molar refractivity (Wildman–Crippen MR) is 82.8 cm³/mol. The molecule has 1 aromatic carbocycles. The monoisotopic (exact) mass is 371 g/mol. The van der Waals surface area contributed by atoms with Gasteiger partial charge in [0.1, 0.15) is 0 Å². The SMILES string of the molecule is Cc1c(C(=O)O)cc(Br)c2c1O[C@@](C)(CN1CCOCC1)O2. The second-order valence-corrected chi connectivity index (χ2v) is 6.58. The largest absolute Gasteiger partial charge is 0.478 e. The molecular weight excluding hydrogens is 354 g/mol. The Bertz CT molecular complexity index is 614. The Morgan fingerprint density at radius 1 is 1.36 bits per heavy atom. The first-order valence-electron chi connectivity index (χ1n) is 7.14. The summed E-state index contributed by atoms with van der Waals surface area (Å²) < 4.78 is 17.9. The van der Waals surface area contributed by atoms with Crippen LogP contribution in [0, 0.1) is 6.92 Å². The van der Waals surface area contributed by atoms with Gasteiger partial charge < -0.3 is 19.3 Å². The highest BCUT2D eigenvalue weighted by atomic mass is 79.9. The van der Waals surface area contributed by atoms with E-state index in [0.29, 0.717) is 41.3 Å². The summed E-state index contributed by atoms with van der Waals surface area (Å²) in [6.07, 6.45) is 0. The second-order valence-electron chi connectivity index (χ2n) is 5.72. The lowest BCUT2D eigenvalue weighted by atomic mass is 10.1. The number of halogens is 1. The molecule has 1 fully saturated rings. The minimum atomic E-state index is -0.980. The highest BCUT2D eigenvalue weighted by Crippen LogP contribution is 2.48. The van der Waals surface area contributed by atoms with Crippen molar-refractivity contribution in [2.45, 2.75) is 19.6 Å². The van der Waals surface area contributed by atoms with Crippen molar-refractivity contribution in [2.75, 3.05) is 32.8 Å². The second kappa shape index (κ2) is 5.72. The normalized spacial score (nSPS) is 24.5. The number of benzene rings is 1. The molecule has 7 heteroatoms. The number of nitrogens with zero attached hydrogens (tertiary/aromatic N) is 1. The molecular formula is C15H18BrNO5. The van der Waals surface area contributed by atoms with Crippen LogP contribution in [0.15, 0.2) is 10.5 Å². The van der Waals surface area contributed by atoms with Gasteiger partial charge in [-0.1, -0.05) is 0 Å². The van der Waals surface area contributed by atoms with Crippen molar-refractivity contribution in [1.82, 2.24) is 4.90 Å². The third-order valence-corrected chi connectivity index (χ3v) is 4.51. The number of ether oxygens (including phenoxy) is 3. The number of morpholine rings is 1. The highest BCUT2D eigenvalue weighted by Gasteiger charge is 2.41. The molecule has 0 aromatic heterocycles. The maximum absolute atomic E-state index is 11.3. The van der Waals surface area contributed by atoms with Crippen LogP contribution in [-0.2, 0) is 4.74 Å². The van der Waals surface area contributed by atoms with E-state index < -0.39 is 11.8 Å². The number of rotatable bonds is 3. The fourth-order valence-corrected chi connectivity index (χ4v) is 3.31. The highest BCUT2D eigenvalue weighted by molar-refractivity contribution is 9.10. The van der Waals surface area contributed by atoms with E-state index in [2.05, 4.69) is 20.8 Å². The Labute approximate surface area is 137 Å². The van der Waals surface area contributed by atoms with Gasteiger partial charge in [-0.3, -0.25) is 4.90 Å². The van der Waals surface area contributed by atoms with E-state index in [9.17, 15) is 9.90 Å². The van der Waals surface area contributed by atoms with E-state index >= 15 is 0 Å². The lowest BCUT2D eigenvalue weighted by Gasteiger charge is -2.33. The molecule has 2 aliphatic rings. The summed E-state index contributed by atoms with van der Waals surface area (Å²) in [7, 11) is 0. The maximum atomic E-state index is 11.3. The van der Waals surface area contributed by atoms with Gasteiger partial charge in [-0.05, 0) is 28.9 Å². The summed E-state index contributed by atoms with van der Waals surface area (Å²) in [4.78, 5) is 13.5. The van der Waals surface area contributed by atoms with Gasteiger partial charge in [-0.15, -0.1) is 0 Å². The average Bonchev–Trinajstić information content (AvgIpc) is 2.82. The molecule has 0 aliphatic carbocycles. The zero-order chi connectivity index (χ0) is 15.9. The minimum Gasteiger partial charge on any atom is -0.478 e. The van der Waals surface area contributed by atoms with Crippen LogP contribution >= 0.6 is 15.9 Å². The fraction of sp³-hybridized carbons (Fsp3) is 0.533. The van der Waals surface area contributed by atoms with Crippen LogP contribution in [0.25, 0.3) is 0 Å². The number of carbonyl (C=O) groups is 1. The Morgan fingerprint density at radius 3 is 2.64 bits per heavy atom. The molecule has 2 heterocycles. The lowest BCUT2D eigenvalue weighted by molar-refractivity contribution is -0.0976. The van der Waals surface area contributed by atoms with Crippen molar-refractivity contribution in [3.8, 4) is 11.5 Å². The fourth-order valence-electron chi connectivity index (χ4n) is 2.82. The van der Waals surface area contributed by atoms with E-state index in [4.69, 9.17) is 14.2 Å². The van der Waals surface area contributed by atoms with Crippen LogP contribution in [0.4, 0.5) is 0 Å². The van der Waals surface area contributed by atoms with Gasteiger partial charge >= 0.3 is 5.97 Å². The van der Waals surface area contributed by atoms with E-state index in [1.165, 1.54) is 0 Å². The summed E-state index contributed by atoms with van der Waals surface area (Å²) in [5.41, 5.74) is 0.793. The van der Waals surface area contributed by atoms with Crippen LogP contribution in [0.3, 0.4) is 0 Å². The molecule has 3 rings (SSSR count). The van der Waals surface area contributed by atoms with Crippen molar-refractivity contribution in [1.29, 1.82) is 0 Å². The smallest absolute Gasteiger partial charge is 0.336 e. The van der Waals surface area contributed by atoms with Gasteiger partial charge in [0.25, 0.3) is 5.79 Å². The molecule has 0 bridgehead atoms. The Kier molecular flexibility index (Phi) is 4.05. The summed E-state index contributed by atoms with van der Waals surface area (Å²) in [5, 5.41) is 9.27. The van der Waals surface area contributed by atoms with Gasteiger partial charge in [0, 0.05) is 25.6 Å². The molecule has 0 radical (unpaired) electrons. The van der Waals surface area contributed by atoms with Gasteiger partial charge in [0.2, 0.25) is 0 Å². The van der Waals surface area contributed by atoms with Crippen molar-refractivity contribution < 1.29 is 24.1 Å². The van der Waals surface area contributed by atoms with Gasteiger partial charge in [-0.2, -0.15) is 0 Å². The first-order chi connectivity index (χ1) is 10.4. The van der Waals surface area contributed by atoms with Gasteiger partial charge in [0.05, 0.1) is 29.8 Å². The first kappa shape index (κ1) is 15.6. The van der Waals surface area contributed by atoms with E-state index in [1.54, 1.807) is 13.0 Å². The minimum absolute atomic E-state index is 0.213. The molecule has 1 saturated heterocycles. The van der Waals surface area contributed by atoms with Crippen molar-refractivity contribution in [3.05, 3.63) is 21.7 Å². The van der Waals surface area contributed by atoms with E-state index in [0.717, 1.165) is 13.1 Å². The summed E-state index contributed by atoms with van der Waals surface area (Å²) in [6.45, 7) is 7.27.